The number of pyridine rings is 1. The maximum Gasteiger partial charge on any atom is 0.573 e. The van der Waals surface area contributed by atoms with Gasteiger partial charge in [0.25, 0.3) is 0 Å². The lowest BCUT2D eigenvalue weighted by Gasteiger charge is -2.31. The van der Waals surface area contributed by atoms with Gasteiger partial charge in [0.15, 0.2) is 5.82 Å². The van der Waals surface area contributed by atoms with Gasteiger partial charge in [0, 0.05) is 24.1 Å². The highest BCUT2D eigenvalue weighted by molar-refractivity contribution is 6.01. The number of halogens is 3. The molecular weight excluding hydrogens is 409 g/mol. The third kappa shape index (κ3) is 5.06. The summed E-state index contributed by atoms with van der Waals surface area (Å²) in [5, 5.41) is 5.37. The number of fused-ring (bicyclic) bond motifs is 1. The predicted molar refractivity (Wildman–Crippen MR) is 112 cm³/mol. The Morgan fingerprint density at radius 1 is 1.00 bits per heavy atom. The number of para-hydroxylation sites is 1. The molecule has 160 valence electrons. The molecule has 2 amide bonds. The van der Waals surface area contributed by atoms with E-state index in [0.29, 0.717) is 17.2 Å². The Hall–Kier alpha value is -3.75. The van der Waals surface area contributed by atoms with Gasteiger partial charge >= 0.3 is 12.4 Å². The number of benzene rings is 2. The van der Waals surface area contributed by atoms with E-state index in [-0.39, 0.29) is 5.75 Å². The summed E-state index contributed by atoms with van der Waals surface area (Å²) in [6, 6.07) is 15.9. The van der Waals surface area contributed by atoms with Crippen molar-refractivity contribution in [2.75, 3.05) is 22.1 Å². The van der Waals surface area contributed by atoms with Crippen molar-refractivity contribution < 1.29 is 22.7 Å². The molecule has 6 nitrogen and oxygen atoms in total. The number of nitrogens with zero attached hydrogens (tertiary/aromatic N) is 2. The molecule has 1 aliphatic heterocycles. The van der Waals surface area contributed by atoms with Gasteiger partial charge in [0.1, 0.15) is 5.75 Å². The number of anilines is 4. The molecule has 0 atom stereocenters. The second-order valence-electron chi connectivity index (χ2n) is 6.91. The Morgan fingerprint density at radius 2 is 1.77 bits per heavy atom. The van der Waals surface area contributed by atoms with Crippen LogP contribution >= 0.6 is 0 Å². The first-order chi connectivity index (χ1) is 14.9. The topological polar surface area (TPSA) is 66.5 Å². The van der Waals surface area contributed by atoms with Crippen LogP contribution in [-0.4, -0.2) is 23.9 Å². The van der Waals surface area contributed by atoms with Gasteiger partial charge in [-0.3, -0.25) is 0 Å². The number of hydrogen-bond acceptors (Lipinski definition) is 4. The second kappa shape index (κ2) is 8.55. The van der Waals surface area contributed by atoms with Crippen molar-refractivity contribution >= 4 is 28.9 Å². The van der Waals surface area contributed by atoms with Crippen LogP contribution in [0.3, 0.4) is 0 Å². The van der Waals surface area contributed by atoms with Gasteiger partial charge in [0.2, 0.25) is 0 Å². The Kier molecular flexibility index (Phi) is 5.66. The molecule has 0 saturated carbocycles. The van der Waals surface area contributed by atoms with E-state index in [9.17, 15) is 18.0 Å². The second-order valence-corrected chi connectivity index (χ2v) is 6.91. The zero-order chi connectivity index (χ0) is 21.8. The van der Waals surface area contributed by atoms with Crippen molar-refractivity contribution in [3.63, 3.8) is 0 Å². The molecule has 1 aliphatic rings. The minimum Gasteiger partial charge on any atom is -0.406 e. The number of carbonyl (C=O) groups excluding carboxylic acids is 1. The Balaban J connectivity index is 1.48. The SMILES string of the molecule is O=C(Nc1ccc(OC(F)(F)F)cc1)Nc1cccnc1N1CCCc2ccccc21. The number of amides is 2. The first-order valence-corrected chi connectivity index (χ1v) is 9.63. The molecule has 2 heterocycles. The molecule has 0 aliphatic carbocycles. The average molecular weight is 428 g/mol. The molecule has 0 fully saturated rings. The van der Waals surface area contributed by atoms with Crippen molar-refractivity contribution in [3.05, 3.63) is 72.4 Å². The fraction of sp³-hybridized carbons (Fsp3) is 0.182. The van der Waals surface area contributed by atoms with Crippen LogP contribution in [0.5, 0.6) is 5.75 Å². The van der Waals surface area contributed by atoms with Crippen molar-refractivity contribution in [2.45, 2.75) is 19.2 Å². The lowest BCUT2D eigenvalue weighted by atomic mass is 10.0. The van der Waals surface area contributed by atoms with E-state index in [1.807, 2.05) is 18.2 Å². The van der Waals surface area contributed by atoms with Gasteiger partial charge in [-0.25, -0.2) is 9.78 Å². The van der Waals surface area contributed by atoms with Gasteiger partial charge in [-0.15, -0.1) is 13.2 Å². The van der Waals surface area contributed by atoms with Crippen LogP contribution in [0.1, 0.15) is 12.0 Å². The van der Waals surface area contributed by atoms with Crippen LogP contribution in [0.25, 0.3) is 0 Å². The molecule has 0 saturated heterocycles. The highest BCUT2D eigenvalue weighted by Crippen LogP contribution is 2.35. The van der Waals surface area contributed by atoms with E-state index in [0.717, 1.165) is 37.2 Å². The van der Waals surface area contributed by atoms with Crippen molar-refractivity contribution in [1.29, 1.82) is 0 Å². The van der Waals surface area contributed by atoms with Crippen molar-refractivity contribution in [3.8, 4) is 5.75 Å². The number of rotatable bonds is 4. The number of ether oxygens (including phenoxy) is 1. The zero-order valence-corrected chi connectivity index (χ0v) is 16.3. The van der Waals surface area contributed by atoms with Gasteiger partial charge in [-0.1, -0.05) is 18.2 Å². The molecule has 3 aromatic rings. The van der Waals surface area contributed by atoms with Crippen LogP contribution < -0.4 is 20.3 Å². The number of nitrogens with one attached hydrogen (secondary N) is 2. The number of hydrogen-bond donors (Lipinski definition) is 2. The van der Waals surface area contributed by atoms with Crippen LogP contribution in [0.4, 0.5) is 40.8 Å². The van der Waals surface area contributed by atoms with Crippen LogP contribution in [-0.2, 0) is 6.42 Å². The van der Waals surface area contributed by atoms with Crippen LogP contribution in [0.15, 0.2) is 66.9 Å². The summed E-state index contributed by atoms with van der Waals surface area (Å²) in [7, 11) is 0. The summed E-state index contributed by atoms with van der Waals surface area (Å²) in [5.74, 6) is 0.260. The fourth-order valence-electron chi connectivity index (χ4n) is 3.49. The lowest BCUT2D eigenvalue weighted by molar-refractivity contribution is -0.274. The number of urea groups is 1. The maximum atomic E-state index is 12.5. The first kappa shape index (κ1) is 20.5. The summed E-state index contributed by atoms with van der Waals surface area (Å²) in [4.78, 5) is 19.0. The molecular formula is C22H19F3N4O2. The Bertz CT molecular complexity index is 1070. The highest BCUT2D eigenvalue weighted by Gasteiger charge is 2.31. The molecule has 0 unspecified atom stereocenters. The molecule has 9 heteroatoms. The predicted octanol–water partition coefficient (Wildman–Crippen LogP) is 5.71. The third-order valence-corrected chi connectivity index (χ3v) is 4.75. The van der Waals surface area contributed by atoms with E-state index in [1.165, 1.54) is 17.7 Å². The largest absolute Gasteiger partial charge is 0.573 e. The molecule has 1 aromatic heterocycles. The molecule has 2 N–H and O–H groups in total. The molecule has 0 spiro atoms. The van der Waals surface area contributed by atoms with E-state index in [4.69, 9.17) is 0 Å². The molecule has 2 aromatic carbocycles. The van der Waals surface area contributed by atoms with Crippen LogP contribution in [0, 0.1) is 0 Å². The molecule has 0 bridgehead atoms. The quantitative estimate of drug-likeness (QED) is 0.559. The number of alkyl halides is 3. The summed E-state index contributed by atoms with van der Waals surface area (Å²) in [6.07, 6.45) is -1.16. The summed E-state index contributed by atoms with van der Waals surface area (Å²) in [5.41, 5.74) is 3.11. The number of aryl methyl sites for hydroxylation is 1. The molecule has 0 radical (unpaired) electrons. The van der Waals surface area contributed by atoms with E-state index in [2.05, 4.69) is 31.3 Å². The van der Waals surface area contributed by atoms with Gasteiger partial charge in [0.05, 0.1) is 5.69 Å². The monoisotopic (exact) mass is 428 g/mol. The summed E-state index contributed by atoms with van der Waals surface area (Å²) >= 11 is 0. The first-order valence-electron chi connectivity index (χ1n) is 9.63. The molecule has 31 heavy (non-hydrogen) atoms. The standard InChI is InChI=1S/C22H19F3N4O2/c23-22(24,25)31-17-11-9-16(10-12-17)27-21(30)28-18-7-3-13-26-20(18)29-14-4-6-15-5-1-2-8-19(15)29/h1-3,5,7-13H,4,6,14H2,(H2,27,28,30). The highest BCUT2D eigenvalue weighted by atomic mass is 19.4. The average Bonchev–Trinajstić information content (AvgIpc) is 2.74. The van der Waals surface area contributed by atoms with E-state index >= 15 is 0 Å². The summed E-state index contributed by atoms with van der Waals surface area (Å²) < 4.78 is 40.6. The number of aromatic nitrogens is 1. The molecule has 4 rings (SSSR count). The van der Waals surface area contributed by atoms with Gasteiger partial charge in [-0.2, -0.15) is 0 Å². The van der Waals surface area contributed by atoms with E-state index < -0.39 is 12.4 Å². The normalized spacial score (nSPS) is 13.3. The van der Waals surface area contributed by atoms with Gasteiger partial charge < -0.3 is 20.3 Å². The Morgan fingerprint density at radius 3 is 2.55 bits per heavy atom. The zero-order valence-electron chi connectivity index (χ0n) is 16.3. The maximum absolute atomic E-state index is 12.5. The minimum atomic E-state index is -4.77. The summed E-state index contributed by atoms with van der Waals surface area (Å²) in [6.45, 7) is 0.769. The fourth-order valence-corrected chi connectivity index (χ4v) is 3.49. The van der Waals surface area contributed by atoms with Crippen molar-refractivity contribution in [1.82, 2.24) is 4.98 Å². The Labute approximate surface area is 176 Å². The van der Waals surface area contributed by atoms with Crippen LogP contribution in [0.2, 0.25) is 0 Å². The van der Waals surface area contributed by atoms with E-state index in [1.54, 1.807) is 18.3 Å². The van der Waals surface area contributed by atoms with Crippen molar-refractivity contribution in [2.24, 2.45) is 0 Å². The third-order valence-electron chi connectivity index (χ3n) is 4.75. The van der Waals surface area contributed by atoms with Gasteiger partial charge in [-0.05, 0) is 60.9 Å². The number of carbonyl (C=O) groups is 1. The smallest absolute Gasteiger partial charge is 0.406 e. The lowest BCUT2D eigenvalue weighted by Crippen LogP contribution is -2.27. The minimum absolute atomic E-state index is 0.320.